The Hall–Kier alpha value is -3.49. The number of piperidine rings is 1. The molecule has 4 fully saturated rings. The third-order valence-electron chi connectivity index (χ3n) is 17.3. The number of carbonyl (C=O) groups is 5. The van der Waals surface area contributed by atoms with E-state index in [0.717, 1.165) is 64.0 Å². The van der Waals surface area contributed by atoms with Crippen LogP contribution in [0.5, 0.6) is 0 Å². The van der Waals surface area contributed by atoms with Crippen LogP contribution < -0.4 is 0 Å². The van der Waals surface area contributed by atoms with E-state index in [1.165, 1.54) is 12.0 Å². The Bertz CT molecular complexity index is 2050. The lowest BCUT2D eigenvalue weighted by Gasteiger charge is -2.43. The van der Waals surface area contributed by atoms with E-state index in [0.29, 0.717) is 57.3 Å². The number of Topliss-reactive ketones (excluding diaryl/α,β-unsaturated/α-hetero) is 3. The number of allylic oxidation sites excluding steroid dienone is 6. The summed E-state index contributed by atoms with van der Waals surface area (Å²) in [5, 5.41) is 23.8. The van der Waals surface area contributed by atoms with E-state index in [-0.39, 0.29) is 73.9 Å². The summed E-state index contributed by atoms with van der Waals surface area (Å²) >= 11 is 0. The molecule has 442 valence electrons. The van der Waals surface area contributed by atoms with Gasteiger partial charge in [-0.1, -0.05) is 71.1 Å². The predicted molar refractivity (Wildman–Crippen MR) is 298 cm³/mol. The first kappa shape index (κ1) is 65.3. The summed E-state index contributed by atoms with van der Waals surface area (Å²) in [5.74, 6) is -7.89. The monoisotopic (exact) mass is 1100 g/mol. The molecule has 0 aromatic carbocycles. The summed E-state index contributed by atoms with van der Waals surface area (Å²) in [6.07, 6.45) is 13.4. The molecule has 1 amide bonds. The predicted octanol–water partition coefficient (Wildman–Crippen LogP) is 6.86. The van der Waals surface area contributed by atoms with Crippen molar-refractivity contribution in [1.82, 2.24) is 14.7 Å². The van der Waals surface area contributed by atoms with E-state index >= 15 is 0 Å². The van der Waals surface area contributed by atoms with Crippen molar-refractivity contribution >= 4 is 29.2 Å². The smallest absolute Gasteiger partial charge is 0.329 e. The highest BCUT2D eigenvalue weighted by atomic mass is 16.6. The highest BCUT2D eigenvalue weighted by Gasteiger charge is 2.53. The van der Waals surface area contributed by atoms with Gasteiger partial charge in [0.05, 0.1) is 37.6 Å². The maximum Gasteiger partial charge on any atom is 0.329 e. The van der Waals surface area contributed by atoms with Crippen LogP contribution in [-0.2, 0) is 57.1 Å². The molecule has 0 unspecified atom stereocenters. The molecule has 1 aliphatic carbocycles. The van der Waals surface area contributed by atoms with Gasteiger partial charge in [-0.2, -0.15) is 0 Å². The second-order valence-corrected chi connectivity index (χ2v) is 23.6. The Kier molecular flexibility index (Phi) is 27.0. The largest absolute Gasteiger partial charge is 0.460 e. The molecule has 2 bridgehead atoms. The Morgan fingerprint density at radius 1 is 0.795 bits per heavy atom. The van der Waals surface area contributed by atoms with Gasteiger partial charge in [0, 0.05) is 97.8 Å². The first-order chi connectivity index (χ1) is 37.2. The number of hydrogen-bond acceptors (Lipinski definition) is 16. The van der Waals surface area contributed by atoms with Gasteiger partial charge in [0.1, 0.15) is 30.1 Å². The average molecular weight is 1100 g/mol. The van der Waals surface area contributed by atoms with Crippen molar-refractivity contribution < 1.29 is 67.3 Å². The lowest BCUT2D eigenvalue weighted by atomic mass is 9.78. The van der Waals surface area contributed by atoms with Crippen molar-refractivity contribution in [3.63, 3.8) is 0 Å². The van der Waals surface area contributed by atoms with Gasteiger partial charge in [0.15, 0.2) is 5.78 Å². The number of piperazine rings is 1. The van der Waals surface area contributed by atoms with E-state index in [2.05, 4.69) is 16.8 Å². The molecule has 0 spiro atoms. The number of ether oxygens (including phenoxy) is 7. The number of cyclic esters (lactones) is 1. The number of methoxy groups -OCH3 is 3. The fraction of sp³-hybridized carbons (Fsp3) is 0.787. The fourth-order valence-corrected chi connectivity index (χ4v) is 12.1. The SMILES string of the molecule is COCCO[C@H]1C[C@@H]2CC[C@@H](C)[C@@](O)(O2)C(=O)C(=O)N2CCCC[C@H]2C(=O)O[C@H]([C@H](C)C[C@@H]2CC[C@@H](OCCCN3CCN(C)CC3)[C@H](OC)C2)CC(=O)[C@H](C)/C=C(\C)[C@@H](O)[C@@H](OC)C(=O)[C@H](C)C[C@H](C)/C=C/C=C/C=C/1C. The van der Waals surface area contributed by atoms with Gasteiger partial charge in [-0.25, -0.2) is 4.79 Å². The molecule has 0 aromatic heterocycles. The van der Waals surface area contributed by atoms with Crippen LogP contribution in [0.15, 0.2) is 47.6 Å². The van der Waals surface area contributed by atoms with Crippen LogP contribution in [0.3, 0.4) is 0 Å². The Labute approximate surface area is 466 Å². The van der Waals surface area contributed by atoms with Gasteiger partial charge in [0.2, 0.25) is 5.79 Å². The summed E-state index contributed by atoms with van der Waals surface area (Å²) in [7, 11) is 6.85. The van der Waals surface area contributed by atoms with E-state index in [1.807, 2.05) is 58.1 Å². The van der Waals surface area contributed by atoms with Crippen molar-refractivity contribution in [1.29, 1.82) is 0 Å². The summed E-state index contributed by atoms with van der Waals surface area (Å²) in [4.78, 5) is 78.0. The molecular formula is C61H99N3O14. The van der Waals surface area contributed by atoms with E-state index in [9.17, 15) is 34.2 Å². The van der Waals surface area contributed by atoms with Crippen LogP contribution in [0.4, 0.5) is 0 Å². The number of nitrogens with zero attached hydrogens (tertiary/aromatic N) is 3. The van der Waals surface area contributed by atoms with Crippen LogP contribution in [0, 0.1) is 35.5 Å². The number of ketones is 3. The number of hydrogen-bond donors (Lipinski definition) is 2. The molecule has 2 N–H and O–H groups in total. The Morgan fingerprint density at radius 2 is 1.54 bits per heavy atom. The second-order valence-electron chi connectivity index (χ2n) is 23.6. The minimum absolute atomic E-state index is 0.00546. The number of rotatable bonds is 14. The number of carbonyl (C=O) groups excluding carboxylic acids is 5. The van der Waals surface area contributed by atoms with Gasteiger partial charge >= 0.3 is 5.97 Å². The van der Waals surface area contributed by atoms with Gasteiger partial charge in [0.25, 0.3) is 11.7 Å². The van der Waals surface area contributed by atoms with Gasteiger partial charge in [-0.3, -0.25) is 19.2 Å². The van der Waals surface area contributed by atoms with Crippen LogP contribution in [0.2, 0.25) is 0 Å². The van der Waals surface area contributed by atoms with Gasteiger partial charge in [-0.15, -0.1) is 0 Å². The van der Waals surface area contributed by atoms with Crippen LogP contribution in [0.25, 0.3) is 0 Å². The third-order valence-corrected chi connectivity index (χ3v) is 17.3. The summed E-state index contributed by atoms with van der Waals surface area (Å²) in [6, 6.07) is -1.14. The minimum Gasteiger partial charge on any atom is -0.460 e. The maximum absolute atomic E-state index is 14.7. The summed E-state index contributed by atoms with van der Waals surface area (Å²) in [6.45, 7) is 19.5. The third kappa shape index (κ3) is 18.8. The van der Waals surface area contributed by atoms with Crippen LogP contribution >= 0.6 is 0 Å². The minimum atomic E-state index is -2.46. The molecule has 0 radical (unpaired) electrons. The molecule has 78 heavy (non-hydrogen) atoms. The maximum atomic E-state index is 14.7. The zero-order chi connectivity index (χ0) is 57.1. The van der Waals surface area contributed by atoms with E-state index in [1.54, 1.807) is 41.1 Å². The lowest BCUT2D eigenvalue weighted by Crippen LogP contribution is -2.61. The first-order valence-electron chi connectivity index (χ1n) is 29.3. The molecule has 15 atom stereocenters. The number of likely N-dealkylation sites (N-methyl/N-ethyl adjacent to an activating group) is 1. The average Bonchev–Trinajstić information content (AvgIpc) is 3.46. The van der Waals surface area contributed by atoms with Crippen molar-refractivity contribution in [2.45, 2.75) is 186 Å². The topological polar surface area (TPSA) is 200 Å². The number of aliphatic hydroxyl groups excluding tert-OH is 1. The van der Waals surface area contributed by atoms with Crippen molar-refractivity contribution in [3.05, 3.63) is 47.6 Å². The standard InChI is InChI=1S/C61H99N3O14/c1-40-18-13-12-14-19-41(2)52(76-33-32-72-9)38-48-23-21-46(7)61(71,78-48)58(68)59(69)64-26-16-15-20-49(64)60(70)77-53(39-50(65)42(3)35-45(6)56(67)57(74-11)55(66)44(5)34-40)43(4)36-47-22-24-51(54(37-47)73-10)75-31-17-25-63-29-27-62(8)28-30-63/h12-14,18-19,35,40,42-44,46-49,51-54,56-57,67,71H,15-17,20-34,36-39H2,1-11H3/b14-12+,18-13+,41-19+,45-35+/t40-,42-,43-,44-,46-,47+,48+,49+,51-,52+,53+,54-,56-,57+,61-/m1/s1. The van der Waals surface area contributed by atoms with Gasteiger partial charge in [-0.05, 0) is 120 Å². The molecule has 5 rings (SSSR count). The van der Waals surface area contributed by atoms with E-state index < -0.39 is 77.8 Å². The number of fused-ring (bicyclic) bond motifs is 3. The Balaban J connectivity index is 1.41. The molecule has 1 saturated carbocycles. The molecule has 0 aromatic rings. The molecule has 4 aliphatic heterocycles. The van der Waals surface area contributed by atoms with Crippen LogP contribution in [0.1, 0.15) is 132 Å². The second kappa shape index (κ2) is 32.2. The molecule has 3 saturated heterocycles. The molecule has 4 heterocycles. The van der Waals surface area contributed by atoms with E-state index in [4.69, 9.17) is 33.2 Å². The Morgan fingerprint density at radius 3 is 2.24 bits per heavy atom. The first-order valence-corrected chi connectivity index (χ1v) is 29.3. The number of aliphatic hydroxyl groups is 2. The molecule has 5 aliphatic rings. The lowest BCUT2D eigenvalue weighted by molar-refractivity contribution is -0.266. The number of amides is 1. The fourth-order valence-electron chi connectivity index (χ4n) is 12.1. The van der Waals surface area contributed by atoms with Crippen molar-refractivity contribution in [2.24, 2.45) is 35.5 Å². The van der Waals surface area contributed by atoms with Crippen LogP contribution in [-0.4, -0.2) is 196 Å². The molecule has 17 nitrogen and oxygen atoms in total. The summed E-state index contributed by atoms with van der Waals surface area (Å²) in [5.41, 5.74) is 1.27. The normalized spacial score (nSPS) is 37.4. The number of esters is 1. The zero-order valence-corrected chi connectivity index (χ0v) is 49.2. The molecule has 17 heteroatoms. The molecular weight excluding hydrogens is 999 g/mol. The highest BCUT2D eigenvalue weighted by molar-refractivity contribution is 6.39. The van der Waals surface area contributed by atoms with Crippen molar-refractivity contribution in [3.8, 4) is 0 Å². The quantitative estimate of drug-likeness (QED) is 0.0791. The summed E-state index contributed by atoms with van der Waals surface area (Å²) < 4.78 is 42.4. The zero-order valence-electron chi connectivity index (χ0n) is 49.2. The van der Waals surface area contributed by atoms with Gasteiger partial charge < -0.3 is 58.1 Å². The van der Waals surface area contributed by atoms with Crippen molar-refractivity contribution in [2.75, 3.05) is 87.5 Å². The highest BCUT2D eigenvalue weighted by Crippen LogP contribution is 2.38.